The van der Waals surface area contributed by atoms with E-state index in [0.29, 0.717) is 5.41 Å². The van der Waals surface area contributed by atoms with Gasteiger partial charge in [0.05, 0.1) is 0 Å². The van der Waals surface area contributed by atoms with Gasteiger partial charge in [0.25, 0.3) is 0 Å². The van der Waals surface area contributed by atoms with E-state index in [9.17, 15) is 0 Å². The van der Waals surface area contributed by atoms with E-state index in [1.165, 1.54) is 36.9 Å². The number of hydrogen-bond donors (Lipinski definition) is 1. The molecule has 1 aliphatic heterocycles. The minimum atomic E-state index is 0.323. The van der Waals surface area contributed by atoms with E-state index >= 15 is 0 Å². The monoisotopic (exact) mass is 242 g/mol. The predicted molar refractivity (Wildman–Crippen MR) is 70.4 cm³/mol. The molecule has 4 rings (SSSR count). The molecule has 1 N–H and O–H groups in total. The summed E-state index contributed by atoms with van der Waals surface area (Å²) in [7, 11) is 2.12. The maximum absolute atomic E-state index is 4.62. The second-order valence-corrected chi connectivity index (χ2v) is 5.70. The third-order valence-corrected chi connectivity index (χ3v) is 4.77. The summed E-state index contributed by atoms with van der Waals surface area (Å²) in [5, 5.41) is 3.60. The summed E-state index contributed by atoms with van der Waals surface area (Å²) in [6, 6.07) is 0. The SMILES string of the molecule is Cn1c2c(c3nccnc31)C1(CCCC1)CNC2. The molecule has 0 bridgehead atoms. The summed E-state index contributed by atoms with van der Waals surface area (Å²) < 4.78 is 2.23. The van der Waals surface area contributed by atoms with E-state index in [-0.39, 0.29) is 0 Å². The Balaban J connectivity index is 2.07. The van der Waals surface area contributed by atoms with Gasteiger partial charge in [-0.2, -0.15) is 0 Å². The van der Waals surface area contributed by atoms with E-state index in [1.807, 2.05) is 6.20 Å². The standard InChI is InChI=1S/C14H18N4/c1-18-10-8-15-9-14(4-2-3-5-14)11(10)12-13(18)17-7-6-16-12/h6-7,15H,2-5,8-9H2,1H3. The Morgan fingerprint density at radius 2 is 2.00 bits per heavy atom. The molecule has 0 atom stereocenters. The largest absolute Gasteiger partial charge is 0.330 e. The number of aryl methyl sites for hydroxylation is 1. The van der Waals surface area contributed by atoms with Crippen LogP contribution in [0, 0.1) is 0 Å². The van der Waals surface area contributed by atoms with Gasteiger partial charge in [0, 0.05) is 49.2 Å². The molecule has 0 saturated heterocycles. The molecule has 94 valence electrons. The molecule has 2 aromatic heterocycles. The van der Waals surface area contributed by atoms with Crippen LogP contribution in [0.15, 0.2) is 12.4 Å². The van der Waals surface area contributed by atoms with E-state index < -0.39 is 0 Å². The number of nitrogens with one attached hydrogen (secondary N) is 1. The Morgan fingerprint density at radius 1 is 1.22 bits per heavy atom. The molecule has 0 radical (unpaired) electrons. The zero-order valence-corrected chi connectivity index (χ0v) is 10.7. The molecule has 3 heterocycles. The lowest BCUT2D eigenvalue weighted by molar-refractivity contribution is 0.373. The zero-order valence-electron chi connectivity index (χ0n) is 10.7. The van der Waals surface area contributed by atoms with Gasteiger partial charge in [0.1, 0.15) is 5.52 Å². The van der Waals surface area contributed by atoms with Crippen molar-refractivity contribution in [2.45, 2.75) is 37.6 Å². The van der Waals surface area contributed by atoms with Crippen LogP contribution in [0.4, 0.5) is 0 Å². The lowest BCUT2D eigenvalue weighted by Gasteiger charge is -2.34. The number of fused-ring (bicyclic) bond motifs is 4. The van der Waals surface area contributed by atoms with Crippen molar-refractivity contribution in [1.82, 2.24) is 19.9 Å². The molecule has 1 spiro atoms. The van der Waals surface area contributed by atoms with Gasteiger partial charge in [-0.1, -0.05) is 12.8 Å². The fraction of sp³-hybridized carbons (Fsp3) is 0.571. The minimum absolute atomic E-state index is 0.323. The van der Waals surface area contributed by atoms with Crippen molar-refractivity contribution in [3.05, 3.63) is 23.7 Å². The number of rotatable bonds is 0. The fourth-order valence-electron chi connectivity index (χ4n) is 3.94. The van der Waals surface area contributed by atoms with Gasteiger partial charge in [-0.3, -0.25) is 4.98 Å². The van der Waals surface area contributed by atoms with Crippen LogP contribution in [-0.4, -0.2) is 21.1 Å². The highest BCUT2D eigenvalue weighted by Crippen LogP contribution is 2.46. The Hall–Kier alpha value is -1.42. The van der Waals surface area contributed by atoms with Crippen LogP contribution in [0.3, 0.4) is 0 Å². The smallest absolute Gasteiger partial charge is 0.158 e. The van der Waals surface area contributed by atoms with Crippen LogP contribution in [0.25, 0.3) is 11.2 Å². The Labute approximate surface area is 106 Å². The summed E-state index contributed by atoms with van der Waals surface area (Å²) in [5.74, 6) is 0. The molecule has 4 heteroatoms. The van der Waals surface area contributed by atoms with Crippen molar-refractivity contribution in [1.29, 1.82) is 0 Å². The van der Waals surface area contributed by atoms with Gasteiger partial charge in [0.2, 0.25) is 0 Å². The first-order chi connectivity index (χ1) is 8.82. The van der Waals surface area contributed by atoms with E-state index in [2.05, 4.69) is 26.9 Å². The number of aromatic nitrogens is 3. The quantitative estimate of drug-likeness (QED) is 0.767. The van der Waals surface area contributed by atoms with Crippen LogP contribution in [-0.2, 0) is 19.0 Å². The highest BCUT2D eigenvalue weighted by atomic mass is 15.1. The summed E-state index contributed by atoms with van der Waals surface area (Å²) in [6.45, 7) is 2.06. The maximum atomic E-state index is 4.62. The van der Waals surface area contributed by atoms with E-state index in [0.717, 1.165) is 24.3 Å². The second-order valence-electron chi connectivity index (χ2n) is 5.70. The summed E-state index contributed by atoms with van der Waals surface area (Å²) >= 11 is 0. The van der Waals surface area contributed by atoms with Gasteiger partial charge in [-0.15, -0.1) is 0 Å². The van der Waals surface area contributed by atoms with Crippen LogP contribution < -0.4 is 5.32 Å². The molecule has 0 aromatic carbocycles. The van der Waals surface area contributed by atoms with Gasteiger partial charge in [0.15, 0.2) is 5.65 Å². The van der Waals surface area contributed by atoms with Crippen LogP contribution in [0.2, 0.25) is 0 Å². The molecular weight excluding hydrogens is 224 g/mol. The van der Waals surface area contributed by atoms with Gasteiger partial charge >= 0.3 is 0 Å². The first-order valence-corrected chi connectivity index (χ1v) is 6.81. The highest BCUT2D eigenvalue weighted by Gasteiger charge is 2.42. The molecule has 18 heavy (non-hydrogen) atoms. The van der Waals surface area contributed by atoms with Crippen molar-refractivity contribution in [2.24, 2.45) is 7.05 Å². The van der Waals surface area contributed by atoms with Crippen molar-refractivity contribution >= 4 is 11.2 Å². The molecule has 2 aliphatic rings. The molecule has 1 fully saturated rings. The number of nitrogens with zero attached hydrogens (tertiary/aromatic N) is 3. The molecule has 1 aliphatic carbocycles. The molecule has 4 nitrogen and oxygen atoms in total. The molecule has 2 aromatic rings. The average molecular weight is 242 g/mol. The van der Waals surface area contributed by atoms with Crippen LogP contribution in [0.1, 0.15) is 36.9 Å². The molecule has 0 amide bonds. The second kappa shape index (κ2) is 3.54. The van der Waals surface area contributed by atoms with E-state index in [4.69, 9.17) is 0 Å². The van der Waals surface area contributed by atoms with Gasteiger partial charge < -0.3 is 9.88 Å². The van der Waals surface area contributed by atoms with Crippen LogP contribution in [0.5, 0.6) is 0 Å². The summed E-state index contributed by atoms with van der Waals surface area (Å²) in [6.07, 6.45) is 8.90. The lowest BCUT2D eigenvalue weighted by Crippen LogP contribution is -2.41. The maximum Gasteiger partial charge on any atom is 0.158 e. The van der Waals surface area contributed by atoms with Crippen molar-refractivity contribution in [3.63, 3.8) is 0 Å². The third kappa shape index (κ3) is 1.19. The highest BCUT2D eigenvalue weighted by molar-refractivity contribution is 5.79. The van der Waals surface area contributed by atoms with Gasteiger partial charge in [-0.25, -0.2) is 4.98 Å². The first-order valence-electron chi connectivity index (χ1n) is 6.81. The Kier molecular flexibility index (Phi) is 2.07. The van der Waals surface area contributed by atoms with Crippen molar-refractivity contribution in [3.8, 4) is 0 Å². The average Bonchev–Trinajstić information content (AvgIpc) is 2.97. The molecule has 1 saturated carbocycles. The fourth-order valence-corrected chi connectivity index (χ4v) is 3.94. The summed E-state index contributed by atoms with van der Waals surface area (Å²) in [5.41, 5.74) is 5.38. The molecule has 0 unspecified atom stereocenters. The lowest BCUT2D eigenvalue weighted by atomic mass is 9.76. The van der Waals surface area contributed by atoms with E-state index in [1.54, 1.807) is 6.20 Å². The van der Waals surface area contributed by atoms with Crippen LogP contribution >= 0.6 is 0 Å². The third-order valence-electron chi connectivity index (χ3n) is 4.77. The van der Waals surface area contributed by atoms with Crippen molar-refractivity contribution in [2.75, 3.05) is 6.54 Å². The first kappa shape index (κ1) is 10.5. The number of hydrogen-bond acceptors (Lipinski definition) is 3. The van der Waals surface area contributed by atoms with Gasteiger partial charge in [-0.05, 0) is 12.8 Å². The van der Waals surface area contributed by atoms with Crippen molar-refractivity contribution < 1.29 is 0 Å². The topological polar surface area (TPSA) is 42.7 Å². The normalized spacial score (nSPS) is 21.6. The molecular formula is C14H18N4. The Morgan fingerprint density at radius 3 is 2.83 bits per heavy atom. The Bertz CT molecular complexity index is 608. The predicted octanol–water partition coefficient (Wildman–Crippen LogP) is 1.88. The minimum Gasteiger partial charge on any atom is -0.330 e. The summed E-state index contributed by atoms with van der Waals surface area (Å²) in [4.78, 5) is 9.14. The zero-order chi connectivity index (χ0) is 12.2.